The number of fused-ring (bicyclic) bond motifs is 1. The molecule has 1 amide bonds. The largest absolute Gasteiger partial charge is 0.462 e. The summed E-state index contributed by atoms with van der Waals surface area (Å²) in [5.74, 6) is -0.513. The lowest BCUT2D eigenvalue weighted by Crippen LogP contribution is -2.23. The summed E-state index contributed by atoms with van der Waals surface area (Å²) in [6.07, 6.45) is 0. The van der Waals surface area contributed by atoms with Gasteiger partial charge in [0.2, 0.25) is 5.91 Å². The van der Waals surface area contributed by atoms with E-state index < -0.39 is 0 Å². The van der Waals surface area contributed by atoms with Crippen molar-refractivity contribution in [1.82, 2.24) is 9.55 Å². The van der Waals surface area contributed by atoms with E-state index in [0.717, 1.165) is 16.0 Å². The Morgan fingerprint density at radius 1 is 1.23 bits per heavy atom. The van der Waals surface area contributed by atoms with E-state index in [-0.39, 0.29) is 23.2 Å². The average molecular weight is 466 g/mol. The summed E-state index contributed by atoms with van der Waals surface area (Å²) in [6, 6.07) is 1.75. The van der Waals surface area contributed by atoms with Gasteiger partial charge in [-0.2, -0.15) is 0 Å². The minimum atomic E-state index is -0.388. The zero-order valence-corrected chi connectivity index (χ0v) is 19.9. The van der Waals surface area contributed by atoms with E-state index in [9.17, 15) is 14.4 Å². The van der Waals surface area contributed by atoms with Gasteiger partial charge < -0.3 is 10.1 Å². The molecule has 0 atom stereocenters. The van der Waals surface area contributed by atoms with Crippen molar-refractivity contribution in [3.63, 3.8) is 0 Å². The lowest BCUT2D eigenvalue weighted by Gasteiger charge is -2.10. The van der Waals surface area contributed by atoms with Crippen LogP contribution in [0.25, 0.3) is 10.2 Å². The van der Waals surface area contributed by atoms with Crippen LogP contribution in [0.1, 0.15) is 39.5 Å². The molecule has 0 aliphatic heterocycles. The van der Waals surface area contributed by atoms with Gasteiger partial charge in [0.05, 0.1) is 22.7 Å². The number of esters is 1. The van der Waals surface area contributed by atoms with Crippen LogP contribution in [-0.4, -0.2) is 33.8 Å². The highest BCUT2D eigenvalue weighted by atomic mass is 32.2. The number of anilines is 1. The molecular weight excluding hydrogens is 442 g/mol. The summed E-state index contributed by atoms with van der Waals surface area (Å²) in [5, 5.41) is 4.59. The molecule has 0 fully saturated rings. The molecule has 0 aliphatic rings. The Kier molecular flexibility index (Phi) is 6.99. The maximum absolute atomic E-state index is 12.9. The van der Waals surface area contributed by atoms with Gasteiger partial charge in [-0.3, -0.25) is 14.2 Å². The van der Waals surface area contributed by atoms with Crippen molar-refractivity contribution >= 4 is 61.5 Å². The smallest absolute Gasteiger partial charge is 0.348 e. The first kappa shape index (κ1) is 22.5. The highest BCUT2D eigenvalue weighted by Crippen LogP contribution is 2.29. The second-order valence-corrected chi connectivity index (χ2v) is 9.79. The molecule has 10 heteroatoms. The van der Waals surface area contributed by atoms with Crippen LogP contribution in [0.5, 0.6) is 0 Å². The quantitative estimate of drug-likeness (QED) is 0.317. The zero-order valence-electron chi connectivity index (χ0n) is 17.5. The summed E-state index contributed by atoms with van der Waals surface area (Å²) in [5.41, 5.74) is 1.66. The molecule has 3 heterocycles. The number of aryl methyl sites for hydroxylation is 3. The van der Waals surface area contributed by atoms with E-state index in [1.807, 2.05) is 20.8 Å². The minimum Gasteiger partial charge on any atom is -0.462 e. The summed E-state index contributed by atoms with van der Waals surface area (Å²) in [4.78, 5) is 44.2. The summed E-state index contributed by atoms with van der Waals surface area (Å²) in [6.45, 7) is 10.1. The first-order valence-corrected chi connectivity index (χ1v) is 12.1. The van der Waals surface area contributed by atoms with Crippen LogP contribution in [0.2, 0.25) is 0 Å². The SMILES string of the molecule is CCOC(=O)c1sc(NC(=O)CSc2nc3sc(C)c(C)c3c(=O)n2CC)cc1C. The van der Waals surface area contributed by atoms with Crippen LogP contribution >= 0.6 is 34.4 Å². The van der Waals surface area contributed by atoms with Crippen LogP contribution < -0.4 is 10.9 Å². The van der Waals surface area contributed by atoms with Crippen molar-refractivity contribution in [2.45, 2.75) is 46.3 Å². The van der Waals surface area contributed by atoms with Gasteiger partial charge in [-0.05, 0) is 51.8 Å². The number of nitrogens with zero attached hydrogens (tertiary/aromatic N) is 2. The molecule has 0 bridgehead atoms. The Morgan fingerprint density at radius 3 is 2.63 bits per heavy atom. The lowest BCUT2D eigenvalue weighted by atomic mass is 10.2. The van der Waals surface area contributed by atoms with Crippen molar-refractivity contribution in [2.24, 2.45) is 0 Å². The number of ether oxygens (including phenoxy) is 1. The van der Waals surface area contributed by atoms with E-state index in [1.54, 1.807) is 24.5 Å². The Hall–Kier alpha value is -2.17. The monoisotopic (exact) mass is 465 g/mol. The number of thioether (sulfide) groups is 1. The third-order valence-corrected chi connectivity index (χ3v) is 7.75. The van der Waals surface area contributed by atoms with Crippen LogP contribution in [0.15, 0.2) is 16.0 Å². The second-order valence-electron chi connectivity index (χ2n) is 6.59. The number of hydrogen-bond acceptors (Lipinski definition) is 8. The standard InChI is InChI=1S/C20H23N3O4S3/c1-6-23-18(25)15-11(4)12(5)29-17(15)22-20(23)28-9-13(24)21-14-8-10(3)16(30-14)19(26)27-7-2/h8H,6-7,9H2,1-5H3,(H,21,24). The Labute approximate surface area is 186 Å². The van der Waals surface area contributed by atoms with Crippen molar-refractivity contribution in [1.29, 1.82) is 0 Å². The maximum atomic E-state index is 12.9. The second kappa shape index (κ2) is 9.32. The molecular formula is C20H23N3O4S3. The first-order chi connectivity index (χ1) is 14.3. The van der Waals surface area contributed by atoms with Crippen molar-refractivity contribution in [3.8, 4) is 0 Å². The lowest BCUT2D eigenvalue weighted by molar-refractivity contribution is -0.113. The maximum Gasteiger partial charge on any atom is 0.348 e. The van der Waals surface area contributed by atoms with Gasteiger partial charge in [0, 0.05) is 11.4 Å². The number of hydrogen-bond donors (Lipinski definition) is 1. The number of nitrogens with one attached hydrogen (secondary N) is 1. The normalized spacial score (nSPS) is 11.1. The van der Waals surface area contributed by atoms with Gasteiger partial charge in [0.25, 0.3) is 5.56 Å². The molecule has 0 aromatic carbocycles. The zero-order chi connectivity index (χ0) is 22.0. The molecule has 0 unspecified atom stereocenters. The molecule has 0 aliphatic carbocycles. The van der Waals surface area contributed by atoms with Crippen LogP contribution in [0, 0.1) is 20.8 Å². The number of amides is 1. The molecule has 0 saturated carbocycles. The Bertz CT molecular complexity index is 1180. The van der Waals surface area contributed by atoms with Crippen molar-refractivity contribution in [3.05, 3.63) is 37.3 Å². The summed E-state index contributed by atoms with van der Waals surface area (Å²) >= 11 is 3.91. The number of thiophene rings is 2. The number of carbonyl (C=O) groups is 2. The predicted octanol–water partition coefficient (Wildman–Crippen LogP) is 4.37. The minimum absolute atomic E-state index is 0.0692. The van der Waals surface area contributed by atoms with Gasteiger partial charge in [-0.1, -0.05) is 11.8 Å². The van der Waals surface area contributed by atoms with Crippen molar-refractivity contribution in [2.75, 3.05) is 17.7 Å². The summed E-state index contributed by atoms with van der Waals surface area (Å²) < 4.78 is 6.63. The molecule has 30 heavy (non-hydrogen) atoms. The third-order valence-electron chi connectivity index (χ3n) is 4.54. The fourth-order valence-electron chi connectivity index (χ4n) is 2.94. The van der Waals surface area contributed by atoms with Crippen LogP contribution in [-0.2, 0) is 16.1 Å². The van der Waals surface area contributed by atoms with Gasteiger partial charge in [-0.25, -0.2) is 9.78 Å². The third kappa shape index (κ3) is 4.45. The Morgan fingerprint density at radius 2 is 1.97 bits per heavy atom. The van der Waals surface area contributed by atoms with E-state index >= 15 is 0 Å². The highest BCUT2D eigenvalue weighted by molar-refractivity contribution is 7.99. The fourth-order valence-corrected chi connectivity index (χ4v) is 5.86. The van der Waals surface area contributed by atoms with Crippen LogP contribution in [0.4, 0.5) is 5.00 Å². The molecule has 0 radical (unpaired) electrons. The van der Waals surface area contributed by atoms with E-state index in [2.05, 4.69) is 10.3 Å². The number of carbonyl (C=O) groups excluding carboxylic acids is 2. The first-order valence-electron chi connectivity index (χ1n) is 9.47. The van der Waals surface area contributed by atoms with Crippen LogP contribution in [0.3, 0.4) is 0 Å². The van der Waals surface area contributed by atoms with Gasteiger partial charge in [0.1, 0.15) is 9.71 Å². The van der Waals surface area contributed by atoms with Gasteiger partial charge >= 0.3 is 5.97 Å². The van der Waals surface area contributed by atoms with E-state index in [4.69, 9.17) is 4.74 Å². The van der Waals surface area contributed by atoms with Gasteiger partial charge in [0.15, 0.2) is 5.16 Å². The average Bonchev–Trinajstić information content (AvgIpc) is 3.19. The molecule has 0 saturated heterocycles. The summed E-state index contributed by atoms with van der Waals surface area (Å²) in [7, 11) is 0. The number of aromatic nitrogens is 2. The highest BCUT2D eigenvalue weighted by Gasteiger charge is 2.18. The molecule has 3 aromatic heterocycles. The van der Waals surface area contributed by atoms with Crippen molar-refractivity contribution < 1.29 is 14.3 Å². The Balaban J connectivity index is 1.75. The fraction of sp³-hybridized carbons (Fsp3) is 0.400. The predicted molar refractivity (Wildman–Crippen MR) is 123 cm³/mol. The molecule has 160 valence electrons. The molecule has 0 spiro atoms. The molecule has 3 aromatic rings. The van der Waals surface area contributed by atoms with E-state index in [0.29, 0.717) is 38.4 Å². The topological polar surface area (TPSA) is 90.3 Å². The van der Waals surface area contributed by atoms with E-state index in [1.165, 1.54) is 34.4 Å². The number of rotatable bonds is 7. The van der Waals surface area contributed by atoms with Gasteiger partial charge in [-0.15, -0.1) is 22.7 Å². The molecule has 7 nitrogen and oxygen atoms in total. The molecule has 1 N–H and O–H groups in total. The molecule has 3 rings (SSSR count).